The summed E-state index contributed by atoms with van der Waals surface area (Å²) in [4.78, 5) is 12.8. The van der Waals surface area contributed by atoms with Gasteiger partial charge in [-0.15, -0.1) is 0 Å². The Morgan fingerprint density at radius 3 is 2.29 bits per heavy atom. The average Bonchev–Trinajstić information content (AvgIpc) is 3.51. The molecule has 3 heterocycles. The smallest absolute Gasteiger partial charge is 0.319 e. The predicted molar refractivity (Wildman–Crippen MR) is 106 cm³/mol. The predicted octanol–water partition coefficient (Wildman–Crippen LogP) is 3.77. The third kappa shape index (κ3) is 3.78. The number of benzene rings is 1. The summed E-state index contributed by atoms with van der Waals surface area (Å²) in [5.41, 5.74) is 3.64. The summed E-state index contributed by atoms with van der Waals surface area (Å²) in [6, 6.07) is 14.3. The lowest BCUT2D eigenvalue weighted by atomic mass is 10.1. The van der Waals surface area contributed by atoms with Gasteiger partial charge in [0.15, 0.2) is 5.65 Å². The minimum absolute atomic E-state index is 0.270. The van der Waals surface area contributed by atoms with E-state index in [0.717, 1.165) is 16.9 Å². The molecular weight excluding hydrogens is 354 g/mol. The van der Waals surface area contributed by atoms with Gasteiger partial charge in [-0.2, -0.15) is 10.1 Å². The molecule has 0 saturated heterocycles. The Balaban J connectivity index is 0.000000275. The van der Waals surface area contributed by atoms with Crippen molar-refractivity contribution in [3.63, 3.8) is 0 Å². The molecule has 3 aromatic heterocycles. The zero-order valence-electron chi connectivity index (χ0n) is 15.8. The molecule has 7 heteroatoms. The van der Waals surface area contributed by atoms with Crippen LogP contribution in [0, 0.1) is 0 Å². The highest BCUT2D eigenvalue weighted by Crippen LogP contribution is 2.42. The van der Waals surface area contributed by atoms with Gasteiger partial charge < -0.3 is 9.47 Å². The Kier molecular flexibility index (Phi) is 5.14. The molecule has 0 spiro atoms. The molecule has 4 aromatic rings. The van der Waals surface area contributed by atoms with E-state index in [4.69, 9.17) is 9.47 Å². The summed E-state index contributed by atoms with van der Waals surface area (Å²) < 4.78 is 12.2. The van der Waals surface area contributed by atoms with E-state index in [1.807, 2.05) is 42.6 Å². The monoisotopic (exact) mass is 375 g/mol. The van der Waals surface area contributed by atoms with E-state index >= 15 is 0 Å². The summed E-state index contributed by atoms with van der Waals surface area (Å²) in [6.07, 6.45) is 7.68. The Hall–Kier alpha value is -3.48. The van der Waals surface area contributed by atoms with Gasteiger partial charge in [0.25, 0.3) is 0 Å². The maximum Gasteiger partial charge on any atom is 0.319 e. The maximum atomic E-state index is 5.36. The van der Waals surface area contributed by atoms with Crippen LogP contribution in [0.15, 0.2) is 61.1 Å². The van der Waals surface area contributed by atoms with Crippen molar-refractivity contribution in [2.45, 2.75) is 18.8 Å². The first kappa shape index (κ1) is 17.9. The summed E-state index contributed by atoms with van der Waals surface area (Å²) >= 11 is 0. The highest BCUT2D eigenvalue weighted by Gasteiger charge is 2.28. The first-order chi connectivity index (χ1) is 13.8. The molecule has 142 valence electrons. The van der Waals surface area contributed by atoms with Crippen LogP contribution in [0.1, 0.15) is 24.3 Å². The van der Waals surface area contributed by atoms with Crippen LogP contribution >= 0.6 is 0 Å². The van der Waals surface area contributed by atoms with Crippen molar-refractivity contribution in [1.82, 2.24) is 24.6 Å². The van der Waals surface area contributed by atoms with Crippen LogP contribution in [-0.2, 0) is 0 Å². The third-order valence-corrected chi connectivity index (χ3v) is 4.45. The van der Waals surface area contributed by atoms with Crippen molar-refractivity contribution in [2.24, 2.45) is 0 Å². The summed E-state index contributed by atoms with van der Waals surface area (Å²) in [6.45, 7) is 0. The molecule has 1 aliphatic carbocycles. The van der Waals surface area contributed by atoms with Crippen LogP contribution < -0.4 is 9.47 Å². The van der Waals surface area contributed by atoms with Gasteiger partial charge in [-0.25, -0.2) is 14.5 Å². The molecule has 0 bridgehead atoms. The second kappa shape index (κ2) is 8.04. The van der Waals surface area contributed by atoms with Crippen LogP contribution in [0.25, 0.3) is 16.9 Å². The quantitative estimate of drug-likeness (QED) is 0.541. The number of rotatable bonds is 4. The van der Waals surface area contributed by atoms with E-state index in [9.17, 15) is 0 Å². The lowest BCUT2D eigenvalue weighted by Gasteiger charge is -2.10. The SMILES string of the molecule is COc1ncc(-c2cc(C3CC3)c3nccn3n2)c(OC)n1.c1ccccc1. The number of hydrogen-bond donors (Lipinski definition) is 0. The van der Waals surface area contributed by atoms with Gasteiger partial charge in [0.05, 0.1) is 25.5 Å². The molecule has 0 aliphatic heterocycles. The zero-order valence-corrected chi connectivity index (χ0v) is 15.8. The molecule has 0 atom stereocenters. The van der Waals surface area contributed by atoms with Crippen molar-refractivity contribution in [2.75, 3.05) is 14.2 Å². The lowest BCUT2D eigenvalue weighted by Crippen LogP contribution is -2.02. The summed E-state index contributed by atoms with van der Waals surface area (Å²) in [5, 5.41) is 4.59. The van der Waals surface area contributed by atoms with Crippen LogP contribution in [-0.4, -0.2) is 38.8 Å². The Bertz CT molecular complexity index is 1030. The van der Waals surface area contributed by atoms with Crippen LogP contribution in [0.5, 0.6) is 11.9 Å². The lowest BCUT2D eigenvalue weighted by molar-refractivity contribution is 0.353. The fourth-order valence-electron chi connectivity index (χ4n) is 2.93. The molecule has 1 saturated carbocycles. The molecule has 0 radical (unpaired) electrons. The minimum atomic E-state index is 0.270. The van der Waals surface area contributed by atoms with Crippen LogP contribution in [0.2, 0.25) is 0 Å². The van der Waals surface area contributed by atoms with Gasteiger partial charge in [-0.1, -0.05) is 36.4 Å². The fraction of sp³-hybridized carbons (Fsp3) is 0.238. The number of nitrogens with zero attached hydrogens (tertiary/aromatic N) is 5. The number of methoxy groups -OCH3 is 2. The highest BCUT2D eigenvalue weighted by molar-refractivity contribution is 5.67. The van der Waals surface area contributed by atoms with Crippen molar-refractivity contribution in [1.29, 1.82) is 0 Å². The molecule has 0 unspecified atom stereocenters. The first-order valence-corrected chi connectivity index (χ1v) is 9.10. The summed E-state index contributed by atoms with van der Waals surface area (Å²) in [5.74, 6) is 1.01. The van der Waals surface area contributed by atoms with Crippen molar-refractivity contribution < 1.29 is 9.47 Å². The van der Waals surface area contributed by atoms with Gasteiger partial charge in [-0.3, -0.25) is 0 Å². The average molecular weight is 375 g/mol. The van der Waals surface area contributed by atoms with Crippen LogP contribution in [0.4, 0.5) is 0 Å². The molecular formula is C21H21N5O2. The topological polar surface area (TPSA) is 74.4 Å². The number of imidazole rings is 1. The second-order valence-electron chi connectivity index (χ2n) is 6.39. The Labute approximate surface area is 163 Å². The molecule has 7 nitrogen and oxygen atoms in total. The molecule has 0 amide bonds. The van der Waals surface area contributed by atoms with E-state index in [1.54, 1.807) is 24.0 Å². The molecule has 1 aromatic carbocycles. The molecule has 0 N–H and O–H groups in total. The Morgan fingerprint density at radius 2 is 1.68 bits per heavy atom. The number of hydrogen-bond acceptors (Lipinski definition) is 6. The largest absolute Gasteiger partial charge is 0.480 e. The molecule has 1 aliphatic rings. The van der Waals surface area contributed by atoms with E-state index in [0.29, 0.717) is 11.8 Å². The normalized spacial score (nSPS) is 12.9. The second-order valence-corrected chi connectivity index (χ2v) is 6.39. The molecule has 28 heavy (non-hydrogen) atoms. The van der Waals surface area contributed by atoms with E-state index in [-0.39, 0.29) is 6.01 Å². The Morgan fingerprint density at radius 1 is 0.964 bits per heavy atom. The van der Waals surface area contributed by atoms with Crippen LogP contribution in [0.3, 0.4) is 0 Å². The van der Waals surface area contributed by atoms with Crippen molar-refractivity contribution >= 4 is 5.65 Å². The van der Waals surface area contributed by atoms with Gasteiger partial charge >= 0.3 is 6.01 Å². The van der Waals surface area contributed by atoms with Gasteiger partial charge in [0.1, 0.15) is 0 Å². The van der Waals surface area contributed by atoms with E-state index < -0.39 is 0 Å². The maximum absolute atomic E-state index is 5.36. The van der Waals surface area contributed by atoms with E-state index in [2.05, 4.69) is 26.1 Å². The number of fused-ring (bicyclic) bond motifs is 1. The number of ether oxygens (including phenoxy) is 2. The van der Waals surface area contributed by atoms with Gasteiger partial charge in [0, 0.05) is 24.2 Å². The van der Waals surface area contributed by atoms with Crippen molar-refractivity contribution in [3.05, 3.63) is 66.6 Å². The fourth-order valence-corrected chi connectivity index (χ4v) is 2.93. The first-order valence-electron chi connectivity index (χ1n) is 9.10. The standard InChI is InChI=1S/C15H15N5O2.C6H6/c1-21-14-11(8-17-15(18-14)22-2)12-7-10(9-3-4-9)13-16-5-6-20(13)19-12;1-2-4-6-5-3-1/h5-9H,3-4H2,1-2H3;1-6H. The van der Waals surface area contributed by atoms with Gasteiger partial charge in [-0.05, 0) is 24.8 Å². The van der Waals surface area contributed by atoms with Crippen molar-refractivity contribution in [3.8, 4) is 23.1 Å². The summed E-state index contributed by atoms with van der Waals surface area (Å²) in [7, 11) is 3.10. The zero-order chi connectivity index (χ0) is 19.3. The van der Waals surface area contributed by atoms with E-state index in [1.165, 1.54) is 25.5 Å². The highest BCUT2D eigenvalue weighted by atomic mass is 16.5. The molecule has 5 rings (SSSR count). The molecule has 1 fully saturated rings. The third-order valence-electron chi connectivity index (χ3n) is 4.45. The minimum Gasteiger partial charge on any atom is -0.480 e. The van der Waals surface area contributed by atoms with Gasteiger partial charge in [0.2, 0.25) is 5.88 Å². The number of aromatic nitrogens is 5.